The van der Waals surface area contributed by atoms with E-state index >= 15 is 4.79 Å². The first kappa shape index (κ1) is 36.2. The Morgan fingerprint density at radius 1 is 0.946 bits per heavy atom. The van der Waals surface area contributed by atoms with Crippen molar-refractivity contribution in [2.45, 2.75) is 69.7 Å². The van der Waals surface area contributed by atoms with Crippen LogP contribution >= 0.6 is 0 Å². The molecular weight excluding hydrogens is 733 g/mol. The first-order valence-electron chi connectivity index (χ1n) is 20.5. The maximum atomic E-state index is 15.2. The van der Waals surface area contributed by atoms with Gasteiger partial charge in [0.25, 0.3) is 5.91 Å². The number of aromatic nitrogens is 1. The third-order valence-corrected chi connectivity index (χ3v) is 16.2. The molecule has 8 aliphatic rings. The van der Waals surface area contributed by atoms with Gasteiger partial charge in [0.1, 0.15) is 5.75 Å². The monoisotopic (exact) mass is 784 g/mol. The largest absolute Gasteiger partial charge is 0.496 e. The van der Waals surface area contributed by atoms with E-state index in [2.05, 4.69) is 44.5 Å². The average molecular weight is 785 g/mol. The van der Waals surface area contributed by atoms with Crippen molar-refractivity contribution < 1.29 is 32.3 Å². The third kappa shape index (κ3) is 5.30. The van der Waals surface area contributed by atoms with Gasteiger partial charge in [0.05, 0.1) is 37.3 Å². The topological polar surface area (TPSA) is 134 Å². The van der Waals surface area contributed by atoms with Gasteiger partial charge in [0.2, 0.25) is 5.91 Å². The number of morpholine rings is 1. The van der Waals surface area contributed by atoms with Crippen LogP contribution in [0, 0.1) is 16.7 Å². The summed E-state index contributed by atoms with van der Waals surface area (Å²) in [6.45, 7) is 5.41. The van der Waals surface area contributed by atoms with Crippen LogP contribution in [-0.2, 0) is 31.1 Å². The average Bonchev–Trinajstić information content (AvgIpc) is 3.69. The van der Waals surface area contributed by atoms with Crippen molar-refractivity contribution >= 4 is 39.0 Å². The van der Waals surface area contributed by atoms with Crippen molar-refractivity contribution in [1.82, 2.24) is 28.3 Å². The lowest BCUT2D eigenvalue weighted by atomic mass is 9.53. The molecule has 0 radical (unpaired) electrons. The van der Waals surface area contributed by atoms with Crippen molar-refractivity contribution in [2.75, 3.05) is 73.7 Å². The van der Waals surface area contributed by atoms with E-state index in [9.17, 15) is 18.0 Å². The summed E-state index contributed by atoms with van der Waals surface area (Å²) in [5, 5.41) is 1.01. The molecule has 14 heteroatoms. The number of likely N-dealkylation sites (tertiary alicyclic amines) is 2. The number of carbonyl (C=O) groups excluding carboxylic acids is 3. The second-order valence-corrected chi connectivity index (χ2v) is 19.6. The number of fused-ring (bicyclic) bond motifs is 6. The van der Waals surface area contributed by atoms with Crippen molar-refractivity contribution in [1.29, 1.82) is 0 Å². The van der Waals surface area contributed by atoms with E-state index in [0.717, 1.165) is 69.1 Å². The van der Waals surface area contributed by atoms with Gasteiger partial charge < -0.3 is 28.7 Å². The molecule has 10 rings (SSSR count). The van der Waals surface area contributed by atoms with E-state index in [1.807, 2.05) is 9.80 Å². The highest BCUT2D eigenvalue weighted by Crippen LogP contribution is 2.66. The highest BCUT2D eigenvalue weighted by molar-refractivity contribution is 7.87. The van der Waals surface area contributed by atoms with Gasteiger partial charge in [-0.2, -0.15) is 12.7 Å². The van der Waals surface area contributed by atoms with Crippen LogP contribution in [0.1, 0.15) is 74.5 Å². The molecule has 56 heavy (non-hydrogen) atoms. The van der Waals surface area contributed by atoms with Gasteiger partial charge >= 0.3 is 16.2 Å². The first-order chi connectivity index (χ1) is 27.0. The molecule has 1 aromatic carbocycles. The Hall–Kier alpha value is -4.14. The van der Waals surface area contributed by atoms with Crippen LogP contribution in [0.25, 0.3) is 10.9 Å². The summed E-state index contributed by atoms with van der Waals surface area (Å²) in [7, 11) is 0.465. The molecule has 13 nitrogen and oxygen atoms in total. The SMILES string of the molecule is COc1ccc(C2CCCCC2)c2c1cc1n2CC2=C(C(=O)NS(=O)(=O)N(C)C)C2=C2C=CC[C@@H](C(=O)N3CC45CCC4(C3)CN(C(=O)N3CCOCC3)C5)[C@@H]21. The zero-order chi connectivity index (χ0) is 38.7. The van der Waals surface area contributed by atoms with Gasteiger partial charge in [-0.15, -0.1) is 0 Å². The summed E-state index contributed by atoms with van der Waals surface area (Å²) in [4.78, 5) is 48.7. The van der Waals surface area contributed by atoms with Gasteiger partial charge in [-0.25, -0.2) is 9.52 Å². The van der Waals surface area contributed by atoms with Gasteiger partial charge in [-0.05, 0) is 72.4 Å². The highest BCUT2D eigenvalue weighted by atomic mass is 32.2. The number of hydrogen-bond donors (Lipinski definition) is 1. The minimum Gasteiger partial charge on any atom is -0.496 e. The van der Waals surface area contributed by atoms with E-state index in [0.29, 0.717) is 76.9 Å². The van der Waals surface area contributed by atoms with Crippen molar-refractivity contribution in [2.24, 2.45) is 16.7 Å². The Labute approximate surface area is 328 Å². The smallest absolute Gasteiger partial charge is 0.320 e. The highest BCUT2D eigenvalue weighted by Gasteiger charge is 2.70. The van der Waals surface area contributed by atoms with E-state index in [1.165, 1.54) is 38.9 Å². The fraction of sp³-hybridized carbons (Fsp3) is 0.595. The lowest BCUT2D eigenvalue weighted by molar-refractivity contribution is -0.135. The van der Waals surface area contributed by atoms with Crippen molar-refractivity contribution in [3.8, 4) is 5.75 Å². The lowest BCUT2D eigenvalue weighted by Crippen LogP contribution is -2.49. The Morgan fingerprint density at radius 2 is 1.64 bits per heavy atom. The fourth-order valence-electron chi connectivity index (χ4n) is 11.7. The molecule has 4 aliphatic carbocycles. The number of methoxy groups -OCH3 is 1. The summed E-state index contributed by atoms with van der Waals surface area (Å²) < 4.78 is 42.8. The van der Waals surface area contributed by atoms with Crippen molar-refractivity contribution in [3.05, 3.63) is 63.9 Å². The molecule has 5 heterocycles. The summed E-state index contributed by atoms with van der Waals surface area (Å²) in [5.41, 5.74) is 6.11. The second-order valence-electron chi connectivity index (χ2n) is 17.7. The molecule has 2 aromatic rings. The van der Waals surface area contributed by atoms with Crippen LogP contribution in [0.3, 0.4) is 0 Å². The minimum atomic E-state index is -4.02. The molecule has 1 N–H and O–H groups in total. The number of nitrogens with zero attached hydrogens (tertiary/aromatic N) is 5. The number of hydrogen-bond acceptors (Lipinski definition) is 7. The van der Waals surface area contributed by atoms with Crippen LogP contribution in [0.5, 0.6) is 5.75 Å². The fourth-order valence-corrected chi connectivity index (χ4v) is 12.3. The predicted octanol–water partition coefficient (Wildman–Crippen LogP) is 4.28. The Bertz CT molecular complexity index is 2240. The van der Waals surface area contributed by atoms with Crippen LogP contribution in [-0.4, -0.2) is 124 Å². The molecule has 4 aliphatic heterocycles. The standard InChI is InChI=1S/C42H52N6O7S/c1-44(2)56(52,53)43-38(49)36-31-21-48-32(20-30-33(54-3)13-12-27(37(30)48)26-8-5-4-6-9-26)34-28(35(31)36)10-7-11-29(34)39(50)46-22-41-14-15-42(41,23-46)25-47(24-41)40(51)45-16-18-55-19-17-45/h7,10,12-13,20,26,29,34H,4-6,8-9,11,14-19,21-25H2,1-3H3,(H,43,49)/t29-,34-,41?,42?/m1/s1. The Kier molecular flexibility index (Phi) is 8.37. The molecule has 1 aromatic heterocycles. The number of ether oxygens (including phenoxy) is 2. The maximum absolute atomic E-state index is 15.2. The van der Waals surface area contributed by atoms with Crippen LogP contribution in [0.2, 0.25) is 0 Å². The molecule has 4 amide bonds. The van der Waals surface area contributed by atoms with E-state index in [-0.39, 0.29) is 28.7 Å². The number of nitrogens with one attached hydrogen (secondary N) is 1. The second kappa shape index (κ2) is 12.9. The number of rotatable bonds is 6. The molecule has 3 saturated heterocycles. The van der Waals surface area contributed by atoms with E-state index in [1.54, 1.807) is 7.11 Å². The molecule has 5 fully saturated rings. The number of amides is 4. The molecule has 0 spiro atoms. The molecule has 298 valence electrons. The Morgan fingerprint density at radius 3 is 2.30 bits per heavy atom. The maximum Gasteiger partial charge on any atom is 0.320 e. The van der Waals surface area contributed by atoms with E-state index in [4.69, 9.17) is 9.47 Å². The summed E-state index contributed by atoms with van der Waals surface area (Å²) in [5.74, 6) is -0.122. The summed E-state index contributed by atoms with van der Waals surface area (Å²) in [6, 6.07) is 6.59. The number of benzene rings is 1. The van der Waals surface area contributed by atoms with Gasteiger partial charge in [-0.1, -0.05) is 37.5 Å². The van der Waals surface area contributed by atoms with Gasteiger partial charge in [0.15, 0.2) is 0 Å². The van der Waals surface area contributed by atoms with E-state index < -0.39 is 22.0 Å². The zero-order valence-corrected chi connectivity index (χ0v) is 33.5. The lowest BCUT2D eigenvalue weighted by Gasteiger charge is -2.48. The van der Waals surface area contributed by atoms with Crippen LogP contribution < -0.4 is 9.46 Å². The van der Waals surface area contributed by atoms with Crippen LogP contribution in [0.4, 0.5) is 4.79 Å². The zero-order valence-electron chi connectivity index (χ0n) is 32.6. The predicted molar refractivity (Wildman–Crippen MR) is 209 cm³/mol. The summed E-state index contributed by atoms with van der Waals surface area (Å²) in [6.07, 6.45) is 12.5. The third-order valence-electron chi connectivity index (χ3n) is 14.8. The van der Waals surface area contributed by atoms with Gasteiger partial charge in [0, 0.05) is 87.7 Å². The molecular formula is C42H52N6O7S. The molecule has 0 bridgehead atoms. The first-order valence-corrected chi connectivity index (χ1v) is 21.9. The van der Waals surface area contributed by atoms with Crippen LogP contribution in [0.15, 0.2) is 52.6 Å². The number of urea groups is 1. The minimum absolute atomic E-state index is 0.0918. The molecule has 4 atom stereocenters. The summed E-state index contributed by atoms with van der Waals surface area (Å²) >= 11 is 0. The number of allylic oxidation sites excluding steroid dienone is 4. The van der Waals surface area contributed by atoms with Crippen molar-refractivity contribution in [3.63, 3.8) is 0 Å². The normalized spacial score (nSPS) is 29.8. The Balaban J connectivity index is 1.03. The van der Waals surface area contributed by atoms with Gasteiger partial charge in [-0.3, -0.25) is 9.59 Å². The quantitative estimate of drug-likeness (QED) is 0.463. The number of carbonyl (C=O) groups is 3. The molecule has 2 saturated carbocycles. The molecule has 2 unspecified atom stereocenters.